The third kappa shape index (κ3) is 3.87. The van der Waals surface area contributed by atoms with Crippen molar-refractivity contribution in [1.29, 1.82) is 0 Å². The smallest absolute Gasteiger partial charge is 0.0159 e. The Labute approximate surface area is 305 Å². The highest BCUT2D eigenvalue weighted by atomic mass is 14.4. The van der Waals surface area contributed by atoms with Gasteiger partial charge < -0.3 is 0 Å². The van der Waals surface area contributed by atoms with Crippen LogP contribution in [0.25, 0.3) is 87.6 Å². The maximum atomic E-state index is 2.57. The lowest BCUT2D eigenvalue weighted by Gasteiger charge is -2.26. The Morgan fingerprint density at radius 3 is 1.44 bits per heavy atom. The van der Waals surface area contributed by atoms with Crippen LogP contribution in [-0.4, -0.2) is 0 Å². The number of hydrogen-bond acceptors (Lipinski definition) is 0. The molecule has 0 radical (unpaired) electrons. The largest absolute Gasteiger partial charge is 0.0619 e. The van der Waals surface area contributed by atoms with Crippen LogP contribution in [0.1, 0.15) is 49.9 Å². The minimum Gasteiger partial charge on any atom is -0.0619 e. The molecule has 9 aromatic carbocycles. The predicted octanol–water partition coefficient (Wildman–Crippen LogP) is 14.2. The molecule has 246 valence electrons. The molecule has 2 aliphatic carbocycles. The zero-order valence-electron chi connectivity index (χ0n) is 30.0. The van der Waals surface area contributed by atoms with E-state index >= 15 is 0 Å². The Balaban J connectivity index is 1.39. The average Bonchev–Trinajstić information content (AvgIpc) is 3.54. The number of rotatable bonds is 2. The highest BCUT2D eigenvalue weighted by molar-refractivity contribution is 6.25. The quantitative estimate of drug-likeness (QED) is 0.162. The maximum absolute atomic E-state index is 2.57. The van der Waals surface area contributed by atoms with Gasteiger partial charge in [0.05, 0.1) is 0 Å². The van der Waals surface area contributed by atoms with Gasteiger partial charge in [-0.15, -0.1) is 0 Å². The number of hydrogen-bond donors (Lipinski definition) is 0. The van der Waals surface area contributed by atoms with Crippen molar-refractivity contribution in [1.82, 2.24) is 0 Å². The van der Waals surface area contributed by atoms with Crippen molar-refractivity contribution in [3.05, 3.63) is 180 Å². The summed E-state index contributed by atoms with van der Waals surface area (Å²) in [4.78, 5) is 0. The van der Waals surface area contributed by atoms with Crippen LogP contribution in [0.2, 0.25) is 0 Å². The fourth-order valence-corrected chi connectivity index (χ4v) is 10.0. The molecule has 2 aliphatic rings. The van der Waals surface area contributed by atoms with E-state index in [1.54, 1.807) is 0 Å². The molecule has 0 unspecified atom stereocenters. The summed E-state index contributed by atoms with van der Waals surface area (Å²) in [5.41, 5.74) is 16.0. The summed E-state index contributed by atoms with van der Waals surface area (Å²) in [5.74, 6) is 0. The minimum atomic E-state index is -0.116. The van der Waals surface area contributed by atoms with Gasteiger partial charge in [-0.1, -0.05) is 155 Å². The SMILES string of the molecule is CC1(C)c2ccccc2-c2cc3c(-c4cccc5ccccc45)c4cc5c(cc4c(-c4ccc6ccccc6c4)c3cc21)-c1ccccc1C5(C)C. The molecule has 0 heteroatoms. The Morgan fingerprint density at radius 2 is 0.769 bits per heavy atom. The van der Waals surface area contributed by atoms with Gasteiger partial charge in [0.2, 0.25) is 0 Å². The van der Waals surface area contributed by atoms with Crippen LogP contribution in [0.4, 0.5) is 0 Å². The van der Waals surface area contributed by atoms with Gasteiger partial charge in [-0.25, -0.2) is 0 Å². The van der Waals surface area contributed by atoms with E-state index in [-0.39, 0.29) is 10.8 Å². The second-order valence-electron chi connectivity index (χ2n) is 16.1. The molecule has 9 aromatic rings. The Bertz CT molecular complexity index is 3000. The molecular formula is C52H38. The van der Waals surface area contributed by atoms with E-state index in [1.165, 1.54) is 110 Å². The first-order valence-corrected chi connectivity index (χ1v) is 18.6. The molecule has 0 spiro atoms. The molecule has 0 aliphatic heterocycles. The standard InChI is InChI=1S/C52H38/c1-51(2)46-23-12-10-20-37(46)40-28-42-43(29-47(40)51)49(34-25-24-31-14-5-6-16-33(31)26-34)41-27-39-36-19-9-11-22-45(36)52(3,4)48(39)30-44(41)50(42)38-21-13-17-32-15-7-8-18-35(32)38/h5-30H,1-4H3. The second kappa shape index (κ2) is 10.3. The molecule has 0 bridgehead atoms. The molecule has 0 amide bonds. The van der Waals surface area contributed by atoms with Gasteiger partial charge in [0.15, 0.2) is 0 Å². The number of benzene rings is 9. The third-order valence-electron chi connectivity index (χ3n) is 12.6. The Hall–Kier alpha value is -5.98. The lowest BCUT2D eigenvalue weighted by molar-refractivity contribution is 0.661. The van der Waals surface area contributed by atoms with Crippen molar-refractivity contribution in [2.45, 2.75) is 38.5 Å². The van der Waals surface area contributed by atoms with Crippen LogP contribution in [0.5, 0.6) is 0 Å². The summed E-state index contributed by atoms with van der Waals surface area (Å²) < 4.78 is 0. The van der Waals surface area contributed by atoms with E-state index in [0.29, 0.717) is 0 Å². The van der Waals surface area contributed by atoms with Crippen LogP contribution in [0, 0.1) is 0 Å². The summed E-state index contributed by atoms with van der Waals surface area (Å²) >= 11 is 0. The zero-order valence-corrected chi connectivity index (χ0v) is 30.0. The molecule has 11 rings (SSSR count). The van der Waals surface area contributed by atoms with Gasteiger partial charge in [0.1, 0.15) is 0 Å². The molecule has 0 heterocycles. The van der Waals surface area contributed by atoms with Gasteiger partial charge in [-0.3, -0.25) is 0 Å². The van der Waals surface area contributed by atoms with Gasteiger partial charge >= 0.3 is 0 Å². The first kappa shape index (κ1) is 29.7. The van der Waals surface area contributed by atoms with Crippen LogP contribution in [0.15, 0.2) is 158 Å². The van der Waals surface area contributed by atoms with Crippen molar-refractivity contribution < 1.29 is 0 Å². The van der Waals surface area contributed by atoms with E-state index in [1.807, 2.05) is 0 Å². The molecule has 0 aromatic heterocycles. The second-order valence-corrected chi connectivity index (χ2v) is 16.1. The lowest BCUT2D eigenvalue weighted by atomic mass is 9.77. The predicted molar refractivity (Wildman–Crippen MR) is 222 cm³/mol. The third-order valence-corrected chi connectivity index (χ3v) is 12.6. The molecule has 52 heavy (non-hydrogen) atoms. The molecule has 0 atom stereocenters. The van der Waals surface area contributed by atoms with Crippen LogP contribution < -0.4 is 0 Å². The van der Waals surface area contributed by atoms with E-state index in [4.69, 9.17) is 0 Å². The Kier molecular flexibility index (Phi) is 5.89. The maximum Gasteiger partial charge on any atom is 0.0159 e. The Morgan fingerprint density at radius 1 is 0.288 bits per heavy atom. The zero-order chi connectivity index (χ0) is 34.9. The van der Waals surface area contributed by atoms with Gasteiger partial charge in [-0.2, -0.15) is 0 Å². The van der Waals surface area contributed by atoms with E-state index in [0.717, 1.165) is 0 Å². The molecule has 0 fully saturated rings. The fourth-order valence-electron chi connectivity index (χ4n) is 10.0. The normalized spacial score (nSPS) is 14.8. The topological polar surface area (TPSA) is 0 Å². The summed E-state index contributed by atoms with van der Waals surface area (Å²) in [6.45, 7) is 9.60. The summed E-state index contributed by atoms with van der Waals surface area (Å²) in [7, 11) is 0. The first-order valence-electron chi connectivity index (χ1n) is 18.6. The average molecular weight is 663 g/mol. The van der Waals surface area contributed by atoms with Crippen molar-refractivity contribution in [2.75, 3.05) is 0 Å². The van der Waals surface area contributed by atoms with E-state index < -0.39 is 0 Å². The number of fused-ring (bicyclic) bond motifs is 10. The monoisotopic (exact) mass is 662 g/mol. The van der Waals surface area contributed by atoms with Crippen LogP contribution in [-0.2, 0) is 10.8 Å². The lowest BCUT2D eigenvalue weighted by Crippen LogP contribution is -2.15. The molecular weight excluding hydrogens is 625 g/mol. The molecule has 0 nitrogen and oxygen atoms in total. The van der Waals surface area contributed by atoms with Crippen molar-refractivity contribution in [3.63, 3.8) is 0 Å². The fraction of sp³-hybridized carbons (Fsp3) is 0.115. The molecule has 0 N–H and O–H groups in total. The van der Waals surface area contributed by atoms with Gasteiger partial charge in [-0.05, 0) is 140 Å². The van der Waals surface area contributed by atoms with E-state index in [9.17, 15) is 0 Å². The van der Waals surface area contributed by atoms with Crippen LogP contribution >= 0.6 is 0 Å². The highest BCUT2D eigenvalue weighted by Gasteiger charge is 2.38. The van der Waals surface area contributed by atoms with Crippen molar-refractivity contribution in [2.24, 2.45) is 0 Å². The summed E-state index contributed by atoms with van der Waals surface area (Å²) in [6.07, 6.45) is 0. The van der Waals surface area contributed by atoms with Crippen LogP contribution in [0.3, 0.4) is 0 Å². The minimum absolute atomic E-state index is 0.115. The van der Waals surface area contributed by atoms with Crippen molar-refractivity contribution in [3.8, 4) is 44.5 Å². The molecule has 0 saturated heterocycles. The summed E-state index contributed by atoms with van der Waals surface area (Å²) in [5, 5.41) is 10.3. The molecule has 0 saturated carbocycles. The summed E-state index contributed by atoms with van der Waals surface area (Å²) in [6, 6.07) is 59.9. The van der Waals surface area contributed by atoms with Gasteiger partial charge in [0, 0.05) is 10.8 Å². The van der Waals surface area contributed by atoms with Gasteiger partial charge in [0.25, 0.3) is 0 Å². The van der Waals surface area contributed by atoms with Crippen molar-refractivity contribution >= 4 is 43.1 Å². The highest BCUT2D eigenvalue weighted by Crippen LogP contribution is 2.56. The first-order chi connectivity index (χ1) is 25.3. The van der Waals surface area contributed by atoms with E-state index in [2.05, 4.69) is 185 Å².